The molecule has 1 aliphatic rings. The van der Waals surface area contributed by atoms with E-state index in [9.17, 15) is 0 Å². The van der Waals surface area contributed by atoms with Gasteiger partial charge in [0.05, 0.1) is 32.9 Å². The van der Waals surface area contributed by atoms with Gasteiger partial charge in [0, 0.05) is 12.8 Å². The van der Waals surface area contributed by atoms with Gasteiger partial charge in [0.25, 0.3) is 0 Å². The predicted molar refractivity (Wildman–Crippen MR) is 79.4 cm³/mol. The Bertz CT molecular complexity index is 423. The zero-order chi connectivity index (χ0) is 14.4. The summed E-state index contributed by atoms with van der Waals surface area (Å²) in [6.45, 7) is 7.04. The lowest BCUT2D eigenvalue weighted by molar-refractivity contribution is -0.925. The Hall–Kier alpha value is -1.26. The van der Waals surface area contributed by atoms with E-state index in [1.54, 1.807) is 19.1 Å². The van der Waals surface area contributed by atoms with Crippen LogP contribution in [0.1, 0.15) is 25.3 Å². The smallest absolute Gasteiger partial charge is 0.169 e. The van der Waals surface area contributed by atoms with Crippen LogP contribution in [0.3, 0.4) is 0 Å². The van der Waals surface area contributed by atoms with Gasteiger partial charge in [0.15, 0.2) is 11.5 Å². The van der Waals surface area contributed by atoms with Crippen LogP contribution in [0.15, 0.2) is 18.2 Å². The number of quaternary nitrogens is 2. The maximum absolute atomic E-state index is 5.48. The largest absolute Gasteiger partial charge is 0.493 e. The van der Waals surface area contributed by atoms with E-state index in [1.807, 2.05) is 12.1 Å². The topological polar surface area (TPSA) is 39.5 Å². The second kappa shape index (κ2) is 7.50. The number of ether oxygens (including phenoxy) is 2. The molecule has 2 rings (SSSR count). The highest BCUT2D eigenvalue weighted by atomic mass is 16.5. The summed E-state index contributed by atoms with van der Waals surface area (Å²) in [4.78, 5) is 1.76. The molecule has 0 spiro atoms. The molecule has 1 fully saturated rings. The van der Waals surface area contributed by atoms with Gasteiger partial charge >= 0.3 is 0 Å². The molecule has 1 aromatic rings. The summed E-state index contributed by atoms with van der Waals surface area (Å²) in [5.41, 5.74) is 1.21. The normalized spacial score (nSPS) is 21.9. The molecule has 112 valence electrons. The molecule has 1 unspecified atom stereocenters. The summed E-state index contributed by atoms with van der Waals surface area (Å²) in [6, 6.07) is 6.92. The second-order valence-electron chi connectivity index (χ2n) is 5.48. The second-order valence-corrected chi connectivity index (χ2v) is 5.48. The predicted octanol–water partition coefficient (Wildman–Crippen LogP) is -0.166. The number of hydrogen-bond donors (Lipinski definition) is 2. The van der Waals surface area contributed by atoms with E-state index in [2.05, 4.69) is 18.3 Å². The molecule has 1 saturated heterocycles. The molecule has 4 nitrogen and oxygen atoms in total. The van der Waals surface area contributed by atoms with Crippen LogP contribution in [0.5, 0.6) is 11.5 Å². The number of hydrogen-bond acceptors (Lipinski definition) is 2. The molecule has 0 radical (unpaired) electrons. The quantitative estimate of drug-likeness (QED) is 0.728. The number of likely N-dealkylation sites (N-methyl/N-ethyl adjacent to an activating group) is 1. The molecule has 2 atom stereocenters. The van der Waals surface area contributed by atoms with Gasteiger partial charge in [-0.1, -0.05) is 6.07 Å². The van der Waals surface area contributed by atoms with Gasteiger partial charge in [0.2, 0.25) is 0 Å². The van der Waals surface area contributed by atoms with Gasteiger partial charge in [-0.2, -0.15) is 0 Å². The molecule has 0 aromatic heterocycles. The van der Waals surface area contributed by atoms with Crippen molar-refractivity contribution in [2.75, 3.05) is 33.9 Å². The van der Waals surface area contributed by atoms with E-state index in [4.69, 9.17) is 9.47 Å². The molecule has 20 heavy (non-hydrogen) atoms. The lowest BCUT2D eigenvalue weighted by Crippen LogP contribution is -3.16. The van der Waals surface area contributed by atoms with Crippen molar-refractivity contribution in [1.82, 2.24) is 0 Å². The van der Waals surface area contributed by atoms with Crippen molar-refractivity contribution in [1.29, 1.82) is 0 Å². The first-order valence-electron chi connectivity index (χ1n) is 7.66. The maximum Gasteiger partial charge on any atom is 0.169 e. The van der Waals surface area contributed by atoms with Crippen molar-refractivity contribution in [3.63, 3.8) is 0 Å². The van der Waals surface area contributed by atoms with Crippen LogP contribution in [0.2, 0.25) is 0 Å². The minimum Gasteiger partial charge on any atom is -0.493 e. The van der Waals surface area contributed by atoms with Gasteiger partial charge in [-0.15, -0.1) is 0 Å². The van der Waals surface area contributed by atoms with E-state index in [0.717, 1.165) is 24.1 Å². The number of methoxy groups -OCH3 is 2. The fourth-order valence-corrected chi connectivity index (χ4v) is 3.29. The monoisotopic (exact) mass is 280 g/mol. The van der Waals surface area contributed by atoms with Crippen LogP contribution in [0.25, 0.3) is 0 Å². The fraction of sp³-hybridized carbons (Fsp3) is 0.625. The van der Waals surface area contributed by atoms with E-state index >= 15 is 0 Å². The van der Waals surface area contributed by atoms with Crippen molar-refractivity contribution in [3.05, 3.63) is 23.8 Å². The SMILES string of the molecule is CC[NH+]1CCC[C@H]1C[NH2+]Cc1cccc(OC)c1OC. The number of nitrogens with one attached hydrogen (secondary N) is 1. The van der Waals surface area contributed by atoms with Gasteiger partial charge in [-0.05, 0) is 19.1 Å². The lowest BCUT2D eigenvalue weighted by Gasteiger charge is -2.18. The van der Waals surface area contributed by atoms with Gasteiger partial charge in [-0.25, -0.2) is 0 Å². The Labute approximate surface area is 122 Å². The number of rotatable bonds is 7. The Morgan fingerprint density at radius 2 is 2.15 bits per heavy atom. The summed E-state index contributed by atoms with van der Waals surface area (Å²) >= 11 is 0. The van der Waals surface area contributed by atoms with Crippen LogP contribution in [-0.4, -0.2) is 39.9 Å². The molecular weight excluding hydrogens is 252 g/mol. The fourth-order valence-electron chi connectivity index (χ4n) is 3.29. The van der Waals surface area contributed by atoms with Gasteiger partial charge < -0.3 is 19.7 Å². The molecule has 0 bridgehead atoms. The van der Waals surface area contributed by atoms with E-state index in [1.165, 1.54) is 38.0 Å². The maximum atomic E-state index is 5.48. The van der Waals surface area contributed by atoms with Crippen molar-refractivity contribution in [2.45, 2.75) is 32.4 Å². The summed E-state index contributed by atoms with van der Waals surface area (Å²) in [7, 11) is 3.40. The number of nitrogens with two attached hydrogens (primary N) is 1. The van der Waals surface area contributed by atoms with Crippen LogP contribution >= 0.6 is 0 Å². The summed E-state index contributed by atoms with van der Waals surface area (Å²) in [5.74, 6) is 1.69. The molecule has 0 saturated carbocycles. The molecule has 0 aliphatic carbocycles. The third-order valence-corrected chi connectivity index (χ3v) is 4.38. The van der Waals surface area contributed by atoms with Crippen LogP contribution in [-0.2, 0) is 6.54 Å². The molecule has 1 heterocycles. The van der Waals surface area contributed by atoms with Gasteiger partial charge in [0.1, 0.15) is 19.1 Å². The van der Waals surface area contributed by atoms with E-state index in [-0.39, 0.29) is 0 Å². The highest BCUT2D eigenvalue weighted by Gasteiger charge is 2.28. The molecule has 0 amide bonds. The van der Waals surface area contributed by atoms with E-state index < -0.39 is 0 Å². The van der Waals surface area contributed by atoms with Crippen molar-refractivity contribution in [2.24, 2.45) is 0 Å². The number of benzene rings is 1. The van der Waals surface area contributed by atoms with E-state index in [0.29, 0.717) is 0 Å². The Morgan fingerprint density at radius 3 is 2.85 bits per heavy atom. The van der Waals surface area contributed by atoms with Gasteiger partial charge in [-0.3, -0.25) is 0 Å². The lowest BCUT2D eigenvalue weighted by atomic mass is 10.1. The standard InChI is InChI=1S/C16H26N2O2/c1-4-18-10-6-8-14(18)12-17-11-13-7-5-9-15(19-2)16(13)20-3/h5,7,9,14,17H,4,6,8,10-12H2,1-3H3/p+2/t14-/m0/s1. The summed E-state index contributed by atoms with van der Waals surface area (Å²) < 4.78 is 10.8. The van der Waals surface area contributed by atoms with Crippen molar-refractivity contribution >= 4 is 0 Å². The first kappa shape index (κ1) is 15.1. The Morgan fingerprint density at radius 1 is 1.30 bits per heavy atom. The van der Waals surface area contributed by atoms with Crippen LogP contribution < -0.4 is 19.7 Å². The molecule has 1 aliphatic heterocycles. The third kappa shape index (κ3) is 3.44. The zero-order valence-corrected chi connectivity index (χ0v) is 12.9. The minimum absolute atomic E-state index is 0.816. The molecular formula is C16H28N2O2+2. The molecule has 1 aromatic carbocycles. The Kier molecular flexibility index (Phi) is 5.68. The first-order valence-corrected chi connectivity index (χ1v) is 7.66. The van der Waals surface area contributed by atoms with Crippen molar-refractivity contribution in [3.8, 4) is 11.5 Å². The molecule has 4 heteroatoms. The number of likely N-dealkylation sites (tertiary alicyclic amines) is 1. The highest BCUT2D eigenvalue weighted by molar-refractivity contribution is 5.46. The van der Waals surface area contributed by atoms with Crippen LogP contribution in [0.4, 0.5) is 0 Å². The summed E-state index contributed by atoms with van der Waals surface area (Å²) in [6.07, 6.45) is 2.75. The highest BCUT2D eigenvalue weighted by Crippen LogP contribution is 2.29. The average molecular weight is 280 g/mol. The molecule has 3 N–H and O–H groups in total. The first-order chi connectivity index (χ1) is 9.80. The number of para-hydroxylation sites is 1. The van der Waals surface area contributed by atoms with Crippen LogP contribution in [0, 0.1) is 0 Å². The third-order valence-electron chi connectivity index (χ3n) is 4.38. The minimum atomic E-state index is 0.816. The average Bonchev–Trinajstić information content (AvgIpc) is 2.94. The Balaban J connectivity index is 1.91. The van der Waals surface area contributed by atoms with Crippen molar-refractivity contribution < 1.29 is 19.7 Å². The summed E-state index contributed by atoms with van der Waals surface area (Å²) in [5, 5.41) is 2.41. The zero-order valence-electron chi connectivity index (χ0n) is 12.9.